The first-order chi connectivity index (χ1) is 15.2. The van der Waals surface area contributed by atoms with Crippen LogP contribution in [0.5, 0.6) is 0 Å². The lowest BCUT2D eigenvalue weighted by Gasteiger charge is -2.42. The second kappa shape index (κ2) is 8.95. The Morgan fingerprint density at radius 1 is 1.16 bits per heavy atom. The average molecular weight is 450 g/mol. The number of allylic oxidation sites excluding steroid dienone is 2. The summed E-state index contributed by atoms with van der Waals surface area (Å²) in [6.07, 6.45) is 1.79. The Bertz CT molecular complexity index is 1090. The maximum Gasteiger partial charge on any atom is 0.315 e. The van der Waals surface area contributed by atoms with Gasteiger partial charge in [-0.15, -0.1) is 0 Å². The third-order valence-electron chi connectivity index (χ3n) is 6.19. The topological polar surface area (TPSA) is 55.4 Å². The van der Waals surface area contributed by atoms with Gasteiger partial charge in [0, 0.05) is 40.7 Å². The van der Waals surface area contributed by atoms with Crippen molar-refractivity contribution < 1.29 is 14.3 Å². The number of Topliss-reactive ketones (excluding diaryl/α,β-unsaturated/α-hetero) is 1. The number of halogens is 1. The number of esters is 1. The Hall–Kier alpha value is -2.85. The van der Waals surface area contributed by atoms with E-state index in [1.807, 2.05) is 48.5 Å². The lowest BCUT2D eigenvalue weighted by atomic mass is 9.66. The second-order valence-corrected chi connectivity index (χ2v) is 9.83. The van der Waals surface area contributed by atoms with Crippen LogP contribution < -0.4 is 5.32 Å². The fourth-order valence-electron chi connectivity index (χ4n) is 4.79. The zero-order chi connectivity index (χ0) is 22.9. The normalized spacial score (nSPS) is 22.2. The van der Waals surface area contributed by atoms with Crippen LogP contribution in [-0.4, -0.2) is 18.4 Å². The third-order valence-corrected chi connectivity index (χ3v) is 6.43. The van der Waals surface area contributed by atoms with E-state index in [1.165, 1.54) is 0 Å². The van der Waals surface area contributed by atoms with Gasteiger partial charge in [0.2, 0.25) is 0 Å². The summed E-state index contributed by atoms with van der Waals surface area (Å²) in [6, 6.07) is 17.3. The van der Waals surface area contributed by atoms with Gasteiger partial charge in [-0.3, -0.25) is 9.59 Å². The molecule has 2 aromatic rings. The number of hydrogen-bond acceptors (Lipinski definition) is 4. The molecule has 0 fully saturated rings. The van der Waals surface area contributed by atoms with Gasteiger partial charge in [0.1, 0.15) is 5.92 Å². The van der Waals surface area contributed by atoms with Crippen LogP contribution in [0.2, 0.25) is 5.02 Å². The Balaban J connectivity index is 1.66. The quantitative estimate of drug-likeness (QED) is 0.605. The molecule has 5 heteroatoms. The first-order valence-corrected chi connectivity index (χ1v) is 11.3. The molecule has 4 rings (SSSR count). The minimum absolute atomic E-state index is 0.0586. The molecule has 0 aromatic heterocycles. The summed E-state index contributed by atoms with van der Waals surface area (Å²) in [7, 11) is 0. The van der Waals surface area contributed by atoms with Crippen LogP contribution in [0.25, 0.3) is 0 Å². The number of carbonyl (C=O) groups is 2. The molecule has 4 nitrogen and oxygen atoms in total. The largest absolute Gasteiger partial charge is 0.465 e. The number of benzene rings is 2. The Morgan fingerprint density at radius 3 is 2.62 bits per heavy atom. The second-order valence-electron chi connectivity index (χ2n) is 9.40. The van der Waals surface area contributed by atoms with E-state index in [1.54, 1.807) is 6.07 Å². The van der Waals surface area contributed by atoms with Crippen molar-refractivity contribution in [3.63, 3.8) is 0 Å². The highest BCUT2D eigenvalue weighted by molar-refractivity contribution is 6.30. The summed E-state index contributed by atoms with van der Waals surface area (Å²) in [4.78, 5) is 26.6. The van der Waals surface area contributed by atoms with E-state index in [0.29, 0.717) is 29.1 Å². The van der Waals surface area contributed by atoms with E-state index in [2.05, 4.69) is 25.7 Å². The van der Waals surface area contributed by atoms with E-state index in [-0.39, 0.29) is 23.8 Å². The molecule has 2 unspecified atom stereocenters. The van der Waals surface area contributed by atoms with Crippen molar-refractivity contribution in [3.8, 4) is 0 Å². The standard InChI is InChI=1S/C27H28ClNO3/c1-17-23(26(31)32-13-12-18-8-5-4-6-9-18)24(19-10-7-11-20(28)14-19)25-21(29-17)15-27(2,3)16-22(25)30/h4-11,14,23-24,29H,1,12-13,15-16H2,2-3H3. The zero-order valence-electron chi connectivity index (χ0n) is 18.5. The lowest BCUT2D eigenvalue weighted by Crippen LogP contribution is -2.43. The van der Waals surface area contributed by atoms with Gasteiger partial charge >= 0.3 is 5.97 Å². The van der Waals surface area contributed by atoms with Crippen molar-refractivity contribution in [2.24, 2.45) is 11.3 Å². The highest BCUT2D eigenvalue weighted by atomic mass is 35.5. The van der Waals surface area contributed by atoms with Crippen molar-refractivity contribution in [3.05, 3.63) is 94.3 Å². The number of ketones is 1. The molecule has 0 saturated heterocycles. The number of hydrogen-bond donors (Lipinski definition) is 1. The summed E-state index contributed by atoms with van der Waals surface area (Å²) in [5.74, 6) is -1.49. The maximum absolute atomic E-state index is 13.3. The molecule has 32 heavy (non-hydrogen) atoms. The summed E-state index contributed by atoms with van der Waals surface area (Å²) in [5, 5.41) is 3.85. The molecule has 2 atom stereocenters. The van der Waals surface area contributed by atoms with Crippen LogP contribution in [0, 0.1) is 11.3 Å². The van der Waals surface area contributed by atoms with Gasteiger partial charge in [-0.1, -0.05) is 74.5 Å². The molecule has 1 N–H and O–H groups in total. The van der Waals surface area contributed by atoms with E-state index in [4.69, 9.17) is 16.3 Å². The third kappa shape index (κ3) is 4.66. The molecule has 166 valence electrons. The van der Waals surface area contributed by atoms with Gasteiger partial charge in [0.25, 0.3) is 0 Å². The van der Waals surface area contributed by atoms with Crippen LogP contribution in [0.15, 0.2) is 78.1 Å². The van der Waals surface area contributed by atoms with Gasteiger partial charge in [-0.2, -0.15) is 0 Å². The molecule has 0 spiro atoms. The summed E-state index contributed by atoms with van der Waals surface area (Å²) in [5.41, 5.74) is 3.85. The molecule has 0 amide bonds. The van der Waals surface area contributed by atoms with Crippen LogP contribution in [-0.2, 0) is 20.7 Å². The first-order valence-electron chi connectivity index (χ1n) is 10.9. The van der Waals surface area contributed by atoms with Crippen LogP contribution >= 0.6 is 11.6 Å². The molecular weight excluding hydrogens is 422 g/mol. The fourth-order valence-corrected chi connectivity index (χ4v) is 4.99. The first kappa shape index (κ1) is 22.3. The van der Waals surface area contributed by atoms with Crippen LogP contribution in [0.4, 0.5) is 0 Å². The molecule has 1 heterocycles. The van der Waals surface area contributed by atoms with Crippen molar-refractivity contribution in [1.29, 1.82) is 0 Å². The molecule has 1 aliphatic carbocycles. The Labute approximate surface area is 194 Å². The minimum atomic E-state index is -0.701. The average Bonchev–Trinajstić information content (AvgIpc) is 2.72. The predicted octanol–water partition coefficient (Wildman–Crippen LogP) is 5.59. The molecule has 2 aromatic carbocycles. The molecular formula is C27H28ClNO3. The molecule has 2 aliphatic rings. The summed E-state index contributed by atoms with van der Waals surface area (Å²) < 4.78 is 5.69. The Kier molecular flexibility index (Phi) is 6.25. The van der Waals surface area contributed by atoms with Gasteiger partial charge in [0.05, 0.1) is 6.61 Å². The van der Waals surface area contributed by atoms with Crippen LogP contribution in [0.3, 0.4) is 0 Å². The van der Waals surface area contributed by atoms with E-state index in [0.717, 1.165) is 23.2 Å². The number of ether oxygens (including phenoxy) is 1. The van der Waals surface area contributed by atoms with Gasteiger partial charge in [0.15, 0.2) is 5.78 Å². The van der Waals surface area contributed by atoms with Crippen molar-refractivity contribution >= 4 is 23.4 Å². The van der Waals surface area contributed by atoms with Crippen molar-refractivity contribution in [2.45, 2.75) is 39.0 Å². The van der Waals surface area contributed by atoms with Crippen LogP contribution in [0.1, 0.15) is 43.7 Å². The van der Waals surface area contributed by atoms with Crippen molar-refractivity contribution in [1.82, 2.24) is 5.32 Å². The van der Waals surface area contributed by atoms with E-state index < -0.39 is 11.8 Å². The molecule has 0 saturated carbocycles. The maximum atomic E-state index is 13.3. The molecule has 0 bridgehead atoms. The highest BCUT2D eigenvalue weighted by Gasteiger charge is 2.46. The summed E-state index contributed by atoms with van der Waals surface area (Å²) in [6.45, 7) is 8.58. The number of carbonyl (C=O) groups excluding carboxylic acids is 2. The van der Waals surface area contributed by atoms with Crippen molar-refractivity contribution in [2.75, 3.05) is 6.61 Å². The van der Waals surface area contributed by atoms with E-state index >= 15 is 0 Å². The minimum Gasteiger partial charge on any atom is -0.465 e. The summed E-state index contributed by atoms with van der Waals surface area (Å²) >= 11 is 6.28. The predicted molar refractivity (Wildman–Crippen MR) is 126 cm³/mol. The molecule has 1 aliphatic heterocycles. The number of nitrogens with one attached hydrogen (secondary N) is 1. The Morgan fingerprint density at radius 2 is 1.91 bits per heavy atom. The lowest BCUT2D eigenvalue weighted by molar-refractivity contribution is -0.147. The number of rotatable bonds is 5. The van der Waals surface area contributed by atoms with Gasteiger partial charge in [-0.05, 0) is 35.1 Å². The zero-order valence-corrected chi connectivity index (χ0v) is 19.2. The fraction of sp³-hybridized carbons (Fsp3) is 0.333. The van der Waals surface area contributed by atoms with Gasteiger partial charge in [-0.25, -0.2) is 0 Å². The SMILES string of the molecule is C=C1NC2=C(C(=O)CC(C)(C)C2)C(c2cccc(Cl)c2)C1C(=O)OCCc1ccccc1. The molecule has 0 radical (unpaired) electrons. The van der Waals surface area contributed by atoms with E-state index in [9.17, 15) is 9.59 Å². The van der Waals surface area contributed by atoms with Gasteiger partial charge < -0.3 is 10.1 Å². The highest BCUT2D eigenvalue weighted by Crippen LogP contribution is 2.48. The smallest absolute Gasteiger partial charge is 0.315 e. The monoisotopic (exact) mass is 449 g/mol.